The van der Waals surface area contributed by atoms with Gasteiger partial charge in [0.25, 0.3) is 0 Å². The number of phenolic OH excluding ortho intramolecular Hbond substituents is 1. The molecule has 7 nitrogen and oxygen atoms in total. The highest BCUT2D eigenvalue weighted by Crippen LogP contribution is 2.60. The van der Waals surface area contributed by atoms with Gasteiger partial charge in [-0.15, -0.1) is 0 Å². The van der Waals surface area contributed by atoms with Crippen LogP contribution >= 0.6 is 0 Å². The van der Waals surface area contributed by atoms with Crippen LogP contribution in [-0.4, -0.2) is 53.2 Å². The summed E-state index contributed by atoms with van der Waals surface area (Å²) in [5.41, 5.74) is 3.52. The van der Waals surface area contributed by atoms with E-state index in [4.69, 9.17) is 9.47 Å². The molecule has 30 heavy (non-hydrogen) atoms. The van der Waals surface area contributed by atoms with Crippen LogP contribution in [0.25, 0.3) is 10.9 Å². The van der Waals surface area contributed by atoms with E-state index in [1.54, 1.807) is 12.1 Å². The second kappa shape index (κ2) is 6.60. The summed E-state index contributed by atoms with van der Waals surface area (Å²) >= 11 is 0. The Balaban J connectivity index is 1.70. The lowest BCUT2D eigenvalue weighted by Crippen LogP contribution is -2.70. The maximum absolute atomic E-state index is 13.3. The number of phenols is 1. The molecule has 1 aromatic carbocycles. The third-order valence-electron chi connectivity index (χ3n) is 7.39. The van der Waals surface area contributed by atoms with Crippen molar-refractivity contribution in [1.82, 2.24) is 9.88 Å². The van der Waals surface area contributed by atoms with Crippen LogP contribution in [0.2, 0.25) is 0 Å². The zero-order chi connectivity index (χ0) is 21.2. The normalized spacial score (nSPS) is 32.8. The van der Waals surface area contributed by atoms with Crippen molar-refractivity contribution in [2.24, 2.45) is 11.3 Å². The van der Waals surface area contributed by atoms with Crippen molar-refractivity contribution in [3.8, 4) is 5.75 Å². The molecule has 1 aromatic heterocycles. The molecule has 0 radical (unpaired) electrons. The summed E-state index contributed by atoms with van der Waals surface area (Å²) in [5, 5.41) is 11.0. The minimum Gasteiger partial charge on any atom is -0.508 e. The van der Waals surface area contributed by atoms with E-state index in [0.717, 1.165) is 35.1 Å². The average molecular weight is 410 g/mol. The molecule has 0 amide bonds. The van der Waals surface area contributed by atoms with Gasteiger partial charge in [0, 0.05) is 42.0 Å². The number of rotatable bonds is 3. The van der Waals surface area contributed by atoms with Crippen LogP contribution in [-0.2, 0) is 25.5 Å². The second-order valence-corrected chi connectivity index (χ2v) is 8.62. The fourth-order valence-corrected chi connectivity index (χ4v) is 6.11. The van der Waals surface area contributed by atoms with Gasteiger partial charge in [0.2, 0.25) is 0 Å². The number of nitrogens with one attached hydrogen (secondary N) is 1. The number of esters is 2. The number of aromatic amines is 1. The van der Waals surface area contributed by atoms with Crippen LogP contribution in [0.4, 0.5) is 0 Å². The SMILES string of the molecule is C/C=C1/CN2[C@H]3Cc4c([nH]c5ccc(O)cc45)[C@@H]2C[C@@H]1[C@]3(COC(C)=O)C(=O)OC. The molecule has 3 fully saturated rings. The Kier molecular flexibility index (Phi) is 4.22. The molecule has 158 valence electrons. The number of allylic oxidation sites excluding steroid dienone is 1. The lowest BCUT2D eigenvalue weighted by atomic mass is 9.55. The zero-order valence-electron chi connectivity index (χ0n) is 17.4. The van der Waals surface area contributed by atoms with Crippen LogP contribution in [0.1, 0.15) is 37.6 Å². The van der Waals surface area contributed by atoms with Crippen LogP contribution in [0.15, 0.2) is 29.8 Å². The van der Waals surface area contributed by atoms with E-state index >= 15 is 0 Å². The Morgan fingerprint density at radius 1 is 1.40 bits per heavy atom. The first kappa shape index (κ1) is 19.2. The van der Waals surface area contributed by atoms with Gasteiger partial charge in [-0.2, -0.15) is 0 Å². The zero-order valence-corrected chi connectivity index (χ0v) is 17.4. The van der Waals surface area contributed by atoms with Crippen LogP contribution in [0.3, 0.4) is 0 Å². The number of fused-ring (bicyclic) bond motifs is 4. The molecule has 4 bridgehead atoms. The summed E-state index contributed by atoms with van der Waals surface area (Å²) in [5.74, 6) is -0.561. The van der Waals surface area contributed by atoms with Crippen molar-refractivity contribution < 1.29 is 24.2 Å². The fraction of sp³-hybridized carbons (Fsp3) is 0.478. The van der Waals surface area contributed by atoms with Crippen LogP contribution in [0.5, 0.6) is 5.75 Å². The molecule has 2 aromatic rings. The van der Waals surface area contributed by atoms with Gasteiger partial charge in [0.05, 0.1) is 13.2 Å². The summed E-state index contributed by atoms with van der Waals surface area (Å²) in [6.45, 7) is 4.16. The number of carbonyl (C=O) groups excluding carboxylic acids is 2. The number of aromatic hydroxyl groups is 1. The minimum atomic E-state index is -0.949. The summed E-state index contributed by atoms with van der Waals surface area (Å²) in [6, 6.07) is 5.36. The quantitative estimate of drug-likeness (QED) is 0.597. The van der Waals surface area contributed by atoms with Crippen LogP contribution in [0, 0.1) is 11.3 Å². The molecule has 0 aliphatic carbocycles. The number of nitrogens with zero attached hydrogens (tertiary/aromatic N) is 1. The number of ether oxygens (including phenoxy) is 2. The number of H-pyrrole nitrogens is 1. The van der Waals surface area contributed by atoms with E-state index in [1.165, 1.54) is 19.6 Å². The van der Waals surface area contributed by atoms with Gasteiger partial charge in [-0.05, 0) is 43.5 Å². The third-order valence-corrected chi connectivity index (χ3v) is 7.39. The first-order valence-corrected chi connectivity index (χ1v) is 10.4. The summed E-state index contributed by atoms with van der Waals surface area (Å²) in [6.07, 6.45) is 3.46. The molecule has 0 saturated carbocycles. The number of carbonyl (C=O) groups is 2. The Morgan fingerprint density at radius 2 is 2.20 bits per heavy atom. The predicted molar refractivity (Wildman–Crippen MR) is 110 cm³/mol. The number of benzene rings is 1. The largest absolute Gasteiger partial charge is 0.508 e. The molecule has 0 spiro atoms. The van der Waals surface area contributed by atoms with Gasteiger partial charge < -0.3 is 19.6 Å². The predicted octanol–water partition coefficient (Wildman–Crippen LogP) is 2.84. The molecule has 5 heterocycles. The molecule has 4 aliphatic rings. The van der Waals surface area contributed by atoms with Gasteiger partial charge in [-0.1, -0.05) is 11.6 Å². The van der Waals surface area contributed by atoms with E-state index in [0.29, 0.717) is 6.42 Å². The second-order valence-electron chi connectivity index (χ2n) is 8.62. The minimum absolute atomic E-state index is 0.00778. The Hall–Kier alpha value is -2.80. The Morgan fingerprint density at radius 3 is 2.90 bits per heavy atom. The summed E-state index contributed by atoms with van der Waals surface area (Å²) < 4.78 is 10.8. The molecule has 4 aliphatic heterocycles. The van der Waals surface area contributed by atoms with Crippen LogP contribution < -0.4 is 0 Å². The van der Waals surface area contributed by atoms with Gasteiger partial charge in [-0.3, -0.25) is 14.5 Å². The lowest BCUT2D eigenvalue weighted by Gasteiger charge is -2.62. The van der Waals surface area contributed by atoms with Crippen molar-refractivity contribution in [3.05, 3.63) is 41.1 Å². The third kappa shape index (κ3) is 2.41. The van der Waals surface area contributed by atoms with Crippen molar-refractivity contribution in [3.63, 3.8) is 0 Å². The Bertz CT molecular complexity index is 1090. The Labute approximate surface area is 174 Å². The molecule has 3 saturated heterocycles. The maximum atomic E-state index is 13.3. The highest BCUT2D eigenvalue weighted by molar-refractivity contribution is 5.87. The van der Waals surface area contributed by atoms with E-state index in [1.807, 2.05) is 13.0 Å². The fourth-order valence-electron chi connectivity index (χ4n) is 6.11. The monoisotopic (exact) mass is 410 g/mol. The molecule has 7 heteroatoms. The van der Waals surface area contributed by atoms with Gasteiger partial charge in [0.1, 0.15) is 17.8 Å². The first-order valence-electron chi connectivity index (χ1n) is 10.4. The van der Waals surface area contributed by atoms with Crippen molar-refractivity contribution in [2.75, 3.05) is 20.3 Å². The molecule has 2 N–H and O–H groups in total. The van der Waals surface area contributed by atoms with Gasteiger partial charge >= 0.3 is 11.9 Å². The standard InChI is InChI=1S/C23H26N2O5/c1-4-13-10-25-19-9-17(13)23(22(28)29-3,11-30-12(2)26)20(25)8-16-15-7-14(27)5-6-18(15)24-21(16)19/h4-7,17,19-20,24,27H,8-11H2,1-3H3/b13-4-/t17-,19-,20-,23-/m0/s1. The summed E-state index contributed by atoms with van der Waals surface area (Å²) in [7, 11) is 1.40. The molecule has 1 unspecified atom stereocenters. The van der Waals surface area contributed by atoms with E-state index < -0.39 is 11.4 Å². The lowest BCUT2D eigenvalue weighted by molar-refractivity contribution is -0.188. The number of hydrogen-bond donors (Lipinski definition) is 2. The van der Waals surface area contributed by atoms with Crippen molar-refractivity contribution in [1.29, 1.82) is 0 Å². The molecule has 6 rings (SSSR count). The van der Waals surface area contributed by atoms with Gasteiger partial charge in [0.15, 0.2) is 0 Å². The number of piperidine rings is 3. The molecular weight excluding hydrogens is 384 g/mol. The van der Waals surface area contributed by atoms with Crippen molar-refractivity contribution in [2.45, 2.75) is 38.8 Å². The van der Waals surface area contributed by atoms with Gasteiger partial charge in [-0.25, -0.2) is 0 Å². The number of aromatic nitrogens is 1. The summed E-state index contributed by atoms with van der Waals surface area (Å²) in [4.78, 5) is 30.9. The van der Waals surface area contributed by atoms with E-state index in [-0.39, 0.29) is 36.3 Å². The highest BCUT2D eigenvalue weighted by atomic mass is 16.5. The highest BCUT2D eigenvalue weighted by Gasteiger charge is 2.65. The topological polar surface area (TPSA) is 91.9 Å². The maximum Gasteiger partial charge on any atom is 0.317 e. The van der Waals surface area contributed by atoms with Crippen molar-refractivity contribution >= 4 is 22.8 Å². The number of hydrogen-bond acceptors (Lipinski definition) is 6. The van der Waals surface area contributed by atoms with E-state index in [2.05, 4.69) is 16.0 Å². The average Bonchev–Trinajstić information content (AvgIpc) is 3.10. The smallest absolute Gasteiger partial charge is 0.317 e. The molecule has 5 atom stereocenters. The number of methoxy groups -OCH3 is 1. The first-order chi connectivity index (χ1) is 14.4. The molecular formula is C23H26N2O5. The van der Waals surface area contributed by atoms with E-state index in [9.17, 15) is 14.7 Å².